The molecule has 0 radical (unpaired) electrons. The number of hydrogen-bond acceptors (Lipinski definition) is 2. The van der Waals surface area contributed by atoms with E-state index >= 15 is 0 Å². The molecular weight excluding hydrogens is 212 g/mol. The second-order valence-electron chi connectivity index (χ2n) is 5.52. The average molecular weight is 234 g/mol. The molecule has 0 aliphatic rings. The molecule has 0 spiro atoms. The lowest BCUT2D eigenvalue weighted by Crippen LogP contribution is -2.29. The smallest absolute Gasteiger partial charge is 0.309 e. The van der Waals surface area contributed by atoms with E-state index in [2.05, 4.69) is 6.92 Å². The van der Waals surface area contributed by atoms with Gasteiger partial charge in [0.25, 0.3) is 0 Å². The third-order valence-electron chi connectivity index (χ3n) is 2.85. The van der Waals surface area contributed by atoms with E-state index in [4.69, 9.17) is 4.74 Å². The number of esters is 1. The van der Waals surface area contributed by atoms with Crippen LogP contribution in [0.3, 0.4) is 0 Å². The Morgan fingerprint density at radius 2 is 1.65 bits per heavy atom. The zero-order valence-corrected chi connectivity index (χ0v) is 11.4. The van der Waals surface area contributed by atoms with Gasteiger partial charge in [0.05, 0.1) is 5.92 Å². The van der Waals surface area contributed by atoms with E-state index in [1.54, 1.807) is 0 Å². The molecule has 94 valence electrons. The van der Waals surface area contributed by atoms with Gasteiger partial charge in [-0.2, -0.15) is 0 Å². The highest BCUT2D eigenvalue weighted by molar-refractivity contribution is 5.73. The molecule has 0 aliphatic carbocycles. The molecule has 2 heteroatoms. The Labute approximate surface area is 104 Å². The number of hydrogen-bond donors (Lipinski definition) is 0. The molecule has 1 rings (SSSR count). The minimum atomic E-state index is -0.415. The summed E-state index contributed by atoms with van der Waals surface area (Å²) < 4.78 is 5.40. The van der Waals surface area contributed by atoms with Gasteiger partial charge in [-0.05, 0) is 32.3 Å². The van der Waals surface area contributed by atoms with Crippen LogP contribution in [0.5, 0.6) is 0 Å². The predicted molar refractivity (Wildman–Crippen MR) is 69.9 cm³/mol. The molecular formula is C15H22O2. The Morgan fingerprint density at radius 3 is 2.12 bits per heavy atom. The first-order chi connectivity index (χ1) is 7.81. The Hall–Kier alpha value is -1.31. The first-order valence-electron chi connectivity index (χ1n) is 6.09. The van der Waals surface area contributed by atoms with Crippen molar-refractivity contribution >= 4 is 5.97 Å². The van der Waals surface area contributed by atoms with Gasteiger partial charge in [0.15, 0.2) is 0 Å². The standard InChI is InChI=1S/C15H22O2/c1-11(13-9-7-6-8-10-13)12(2)14(16)17-15(3,4)5/h6-12H,1-5H3/t11-,12-/m1/s1. The van der Waals surface area contributed by atoms with Crippen LogP contribution >= 0.6 is 0 Å². The fraction of sp³-hybridized carbons (Fsp3) is 0.533. The van der Waals surface area contributed by atoms with E-state index in [-0.39, 0.29) is 17.8 Å². The van der Waals surface area contributed by atoms with E-state index in [1.807, 2.05) is 58.0 Å². The summed E-state index contributed by atoms with van der Waals surface area (Å²) in [5.74, 6) is -0.0865. The van der Waals surface area contributed by atoms with Gasteiger partial charge in [0, 0.05) is 0 Å². The third kappa shape index (κ3) is 4.22. The third-order valence-corrected chi connectivity index (χ3v) is 2.85. The average Bonchev–Trinajstić information content (AvgIpc) is 2.26. The lowest BCUT2D eigenvalue weighted by molar-refractivity contribution is -0.160. The van der Waals surface area contributed by atoms with Crippen molar-refractivity contribution in [2.24, 2.45) is 5.92 Å². The number of carbonyl (C=O) groups excluding carboxylic acids is 1. The first-order valence-corrected chi connectivity index (χ1v) is 6.09. The summed E-state index contributed by atoms with van der Waals surface area (Å²) in [6, 6.07) is 10.1. The van der Waals surface area contributed by atoms with Crippen LogP contribution < -0.4 is 0 Å². The second-order valence-corrected chi connectivity index (χ2v) is 5.52. The quantitative estimate of drug-likeness (QED) is 0.744. The molecule has 17 heavy (non-hydrogen) atoms. The highest BCUT2D eigenvalue weighted by atomic mass is 16.6. The summed E-state index contributed by atoms with van der Waals surface area (Å²) in [6.45, 7) is 9.66. The number of carbonyl (C=O) groups is 1. The molecule has 0 N–H and O–H groups in total. The van der Waals surface area contributed by atoms with Crippen molar-refractivity contribution in [2.75, 3.05) is 0 Å². The van der Waals surface area contributed by atoms with E-state index in [9.17, 15) is 4.79 Å². The topological polar surface area (TPSA) is 26.3 Å². The maximum Gasteiger partial charge on any atom is 0.309 e. The number of rotatable bonds is 3. The zero-order chi connectivity index (χ0) is 13.1. The zero-order valence-electron chi connectivity index (χ0n) is 11.4. The van der Waals surface area contributed by atoms with Crippen molar-refractivity contribution in [1.82, 2.24) is 0 Å². The monoisotopic (exact) mass is 234 g/mol. The molecule has 0 fully saturated rings. The highest BCUT2D eigenvalue weighted by Crippen LogP contribution is 2.26. The van der Waals surface area contributed by atoms with Gasteiger partial charge in [-0.25, -0.2) is 0 Å². The van der Waals surface area contributed by atoms with Crippen LogP contribution in [0.1, 0.15) is 46.1 Å². The maximum atomic E-state index is 12.0. The van der Waals surface area contributed by atoms with Gasteiger partial charge in [0.2, 0.25) is 0 Å². The molecule has 2 atom stereocenters. The molecule has 0 saturated heterocycles. The molecule has 0 amide bonds. The second kappa shape index (κ2) is 5.35. The molecule has 0 aromatic heterocycles. The fourth-order valence-corrected chi connectivity index (χ4v) is 1.64. The lowest BCUT2D eigenvalue weighted by Gasteiger charge is -2.25. The van der Waals surface area contributed by atoms with Gasteiger partial charge in [-0.3, -0.25) is 4.79 Å². The summed E-state index contributed by atoms with van der Waals surface area (Å²) >= 11 is 0. The summed E-state index contributed by atoms with van der Waals surface area (Å²) in [7, 11) is 0. The van der Waals surface area contributed by atoms with Crippen LogP contribution in [0.2, 0.25) is 0 Å². The Bertz CT molecular complexity index is 362. The van der Waals surface area contributed by atoms with E-state index in [1.165, 1.54) is 5.56 Å². The van der Waals surface area contributed by atoms with Crippen molar-refractivity contribution in [3.8, 4) is 0 Å². The van der Waals surface area contributed by atoms with E-state index in [0.29, 0.717) is 0 Å². The maximum absolute atomic E-state index is 12.0. The normalized spacial score (nSPS) is 15.1. The van der Waals surface area contributed by atoms with E-state index < -0.39 is 5.60 Å². The summed E-state index contributed by atoms with van der Waals surface area (Å²) in [6.07, 6.45) is 0. The minimum absolute atomic E-state index is 0.128. The predicted octanol–water partition coefficient (Wildman–Crippen LogP) is 3.77. The Morgan fingerprint density at radius 1 is 1.12 bits per heavy atom. The molecule has 2 nitrogen and oxygen atoms in total. The van der Waals surface area contributed by atoms with Crippen LogP contribution in [0, 0.1) is 5.92 Å². The van der Waals surface area contributed by atoms with Crippen LogP contribution in [-0.2, 0) is 9.53 Å². The Kier molecular flexibility index (Phi) is 4.33. The SMILES string of the molecule is C[C@@H](C(=O)OC(C)(C)C)[C@@H](C)c1ccccc1. The Balaban J connectivity index is 2.70. The van der Waals surface area contributed by atoms with Crippen molar-refractivity contribution in [3.05, 3.63) is 35.9 Å². The summed E-state index contributed by atoms with van der Waals surface area (Å²) in [5.41, 5.74) is 0.757. The molecule has 0 heterocycles. The van der Waals surface area contributed by atoms with Crippen molar-refractivity contribution in [3.63, 3.8) is 0 Å². The lowest BCUT2D eigenvalue weighted by atomic mass is 9.89. The molecule has 0 unspecified atom stereocenters. The fourth-order valence-electron chi connectivity index (χ4n) is 1.64. The molecule has 1 aromatic rings. The molecule has 0 bridgehead atoms. The summed E-state index contributed by atoms with van der Waals surface area (Å²) in [5, 5.41) is 0. The van der Waals surface area contributed by atoms with Crippen molar-refractivity contribution in [2.45, 2.75) is 46.1 Å². The van der Waals surface area contributed by atoms with Gasteiger partial charge in [-0.15, -0.1) is 0 Å². The highest BCUT2D eigenvalue weighted by Gasteiger charge is 2.26. The van der Waals surface area contributed by atoms with Crippen LogP contribution in [-0.4, -0.2) is 11.6 Å². The number of benzene rings is 1. The van der Waals surface area contributed by atoms with Gasteiger partial charge in [0.1, 0.15) is 5.60 Å². The van der Waals surface area contributed by atoms with Gasteiger partial charge in [-0.1, -0.05) is 44.2 Å². The van der Waals surface area contributed by atoms with Crippen LogP contribution in [0.25, 0.3) is 0 Å². The van der Waals surface area contributed by atoms with Crippen LogP contribution in [0.4, 0.5) is 0 Å². The largest absolute Gasteiger partial charge is 0.460 e. The molecule has 0 aliphatic heterocycles. The van der Waals surface area contributed by atoms with Crippen molar-refractivity contribution < 1.29 is 9.53 Å². The van der Waals surface area contributed by atoms with Crippen molar-refractivity contribution in [1.29, 1.82) is 0 Å². The first kappa shape index (κ1) is 13.8. The van der Waals surface area contributed by atoms with Crippen LogP contribution in [0.15, 0.2) is 30.3 Å². The molecule has 1 aromatic carbocycles. The van der Waals surface area contributed by atoms with E-state index in [0.717, 1.165) is 0 Å². The molecule has 0 saturated carbocycles. The number of ether oxygens (including phenoxy) is 1. The minimum Gasteiger partial charge on any atom is -0.460 e. The van der Waals surface area contributed by atoms with Gasteiger partial charge < -0.3 is 4.74 Å². The van der Waals surface area contributed by atoms with Gasteiger partial charge >= 0.3 is 5.97 Å². The summed E-state index contributed by atoms with van der Waals surface area (Å²) in [4.78, 5) is 12.0.